The van der Waals surface area contributed by atoms with Crippen LogP contribution in [0, 0.1) is 23.2 Å². The van der Waals surface area contributed by atoms with Crippen molar-refractivity contribution in [1.29, 1.82) is 0 Å². The number of piperazine rings is 1. The van der Waals surface area contributed by atoms with Crippen LogP contribution in [0.1, 0.15) is 44.9 Å². The van der Waals surface area contributed by atoms with Crippen molar-refractivity contribution in [3.05, 3.63) is 0 Å². The van der Waals surface area contributed by atoms with E-state index in [0.29, 0.717) is 0 Å². The van der Waals surface area contributed by atoms with Crippen LogP contribution in [0.2, 0.25) is 0 Å². The average Bonchev–Trinajstić information content (AvgIpc) is 2.36. The van der Waals surface area contributed by atoms with Gasteiger partial charge in [0.15, 0.2) is 0 Å². The first kappa shape index (κ1) is 11.7. The maximum Gasteiger partial charge on any atom is 0.0107 e. The van der Waals surface area contributed by atoms with Gasteiger partial charge < -0.3 is 10.2 Å². The summed E-state index contributed by atoms with van der Waals surface area (Å²) in [6, 6.07) is 0. The van der Waals surface area contributed by atoms with E-state index in [1.165, 1.54) is 39.1 Å². The summed E-state index contributed by atoms with van der Waals surface area (Å²) < 4.78 is 0. The van der Waals surface area contributed by atoms with Crippen LogP contribution in [0.4, 0.5) is 0 Å². The monoisotopic (exact) mass is 248 g/mol. The molecular formula is C16H28N2. The third kappa shape index (κ3) is 2.12. The maximum atomic E-state index is 3.47. The van der Waals surface area contributed by atoms with Gasteiger partial charge in [0.1, 0.15) is 0 Å². The lowest BCUT2D eigenvalue weighted by Gasteiger charge is -2.57. The summed E-state index contributed by atoms with van der Waals surface area (Å²) in [5.74, 6) is 3.37. The molecule has 1 N–H and O–H groups in total. The van der Waals surface area contributed by atoms with Crippen molar-refractivity contribution in [3.63, 3.8) is 0 Å². The molecule has 1 saturated heterocycles. The fourth-order valence-electron chi connectivity index (χ4n) is 5.93. The van der Waals surface area contributed by atoms with E-state index in [2.05, 4.69) is 10.2 Å². The summed E-state index contributed by atoms with van der Waals surface area (Å²) >= 11 is 0. The van der Waals surface area contributed by atoms with E-state index in [0.717, 1.165) is 23.2 Å². The van der Waals surface area contributed by atoms with Crippen molar-refractivity contribution >= 4 is 0 Å². The Hall–Kier alpha value is -0.0800. The van der Waals surface area contributed by atoms with Crippen LogP contribution in [0.5, 0.6) is 0 Å². The summed E-state index contributed by atoms with van der Waals surface area (Å²) in [5, 5.41) is 3.47. The van der Waals surface area contributed by atoms with Crippen LogP contribution in [-0.2, 0) is 0 Å². The molecule has 0 radical (unpaired) electrons. The minimum atomic E-state index is 0.791. The Balaban J connectivity index is 1.38. The molecule has 1 aliphatic heterocycles. The predicted molar refractivity (Wildman–Crippen MR) is 74.5 cm³/mol. The standard InChI is InChI=1S/C16H28N2/c1(4-18-5-2-17-3-6-18)16-10-13-7-14(11-16)9-15(8-13)12-16/h13-15,17H,1-12H2. The molecule has 5 rings (SSSR count). The van der Waals surface area contributed by atoms with Crippen molar-refractivity contribution in [1.82, 2.24) is 10.2 Å². The van der Waals surface area contributed by atoms with Gasteiger partial charge in [-0.05, 0) is 74.7 Å². The lowest BCUT2D eigenvalue weighted by atomic mass is 9.49. The second-order valence-electron chi connectivity index (χ2n) is 7.76. The largest absolute Gasteiger partial charge is 0.314 e. The van der Waals surface area contributed by atoms with Gasteiger partial charge in [0, 0.05) is 26.2 Å². The normalized spacial score (nSPS) is 47.7. The fourth-order valence-corrected chi connectivity index (χ4v) is 5.93. The second-order valence-corrected chi connectivity index (χ2v) is 7.76. The molecule has 0 amide bonds. The van der Waals surface area contributed by atoms with Gasteiger partial charge in [-0.1, -0.05) is 0 Å². The molecule has 0 spiro atoms. The zero-order chi connectivity index (χ0) is 12.0. The van der Waals surface area contributed by atoms with Gasteiger partial charge in [0.2, 0.25) is 0 Å². The van der Waals surface area contributed by atoms with Gasteiger partial charge in [-0.3, -0.25) is 0 Å². The first-order chi connectivity index (χ1) is 8.81. The highest BCUT2D eigenvalue weighted by Gasteiger charge is 2.50. The molecule has 4 bridgehead atoms. The fraction of sp³-hybridized carbons (Fsp3) is 1.00. The Bertz CT molecular complexity index is 271. The molecule has 1 heterocycles. The van der Waals surface area contributed by atoms with Gasteiger partial charge in [0.25, 0.3) is 0 Å². The molecule has 18 heavy (non-hydrogen) atoms. The molecule has 2 heteroatoms. The van der Waals surface area contributed by atoms with Gasteiger partial charge in [-0.2, -0.15) is 0 Å². The quantitative estimate of drug-likeness (QED) is 0.825. The number of nitrogens with zero attached hydrogens (tertiary/aromatic N) is 1. The Kier molecular flexibility index (Phi) is 2.92. The Morgan fingerprint density at radius 1 is 0.889 bits per heavy atom. The highest BCUT2D eigenvalue weighted by Crippen LogP contribution is 2.61. The first-order valence-electron chi connectivity index (χ1n) is 8.24. The van der Waals surface area contributed by atoms with Crippen LogP contribution >= 0.6 is 0 Å². The molecule has 102 valence electrons. The molecule has 0 aromatic carbocycles. The Morgan fingerprint density at radius 3 is 2.00 bits per heavy atom. The molecule has 0 unspecified atom stereocenters. The van der Waals surface area contributed by atoms with Gasteiger partial charge >= 0.3 is 0 Å². The van der Waals surface area contributed by atoms with E-state index in [-0.39, 0.29) is 0 Å². The summed E-state index contributed by atoms with van der Waals surface area (Å²) in [7, 11) is 0. The van der Waals surface area contributed by atoms with Crippen molar-refractivity contribution < 1.29 is 0 Å². The van der Waals surface area contributed by atoms with Crippen molar-refractivity contribution in [2.24, 2.45) is 23.2 Å². The van der Waals surface area contributed by atoms with E-state index >= 15 is 0 Å². The number of hydrogen-bond donors (Lipinski definition) is 1. The molecule has 4 saturated carbocycles. The molecule has 0 aromatic rings. The molecule has 0 aromatic heterocycles. The molecule has 0 atom stereocenters. The third-order valence-corrected chi connectivity index (χ3v) is 6.33. The van der Waals surface area contributed by atoms with Gasteiger partial charge in [-0.15, -0.1) is 0 Å². The van der Waals surface area contributed by atoms with Crippen molar-refractivity contribution in [2.75, 3.05) is 32.7 Å². The molecule has 5 fully saturated rings. The van der Waals surface area contributed by atoms with Crippen molar-refractivity contribution in [3.8, 4) is 0 Å². The van der Waals surface area contributed by atoms with Crippen molar-refractivity contribution in [2.45, 2.75) is 44.9 Å². The average molecular weight is 248 g/mol. The lowest BCUT2D eigenvalue weighted by Crippen LogP contribution is -2.49. The van der Waals surface area contributed by atoms with Crippen LogP contribution in [0.3, 0.4) is 0 Å². The van der Waals surface area contributed by atoms with E-state index in [1.54, 1.807) is 38.5 Å². The Morgan fingerprint density at radius 2 is 1.44 bits per heavy atom. The highest BCUT2D eigenvalue weighted by atomic mass is 15.2. The first-order valence-corrected chi connectivity index (χ1v) is 8.24. The van der Waals surface area contributed by atoms with Gasteiger partial charge in [0.05, 0.1) is 0 Å². The Labute approximate surface area is 111 Å². The summed E-state index contributed by atoms with van der Waals surface area (Å²) in [6.45, 7) is 6.37. The SMILES string of the molecule is C1CN(CCC23CC4CC(CC(C4)C2)C3)CCN1. The van der Waals surface area contributed by atoms with Crippen LogP contribution in [0.25, 0.3) is 0 Å². The van der Waals surface area contributed by atoms with E-state index < -0.39 is 0 Å². The van der Waals surface area contributed by atoms with E-state index in [4.69, 9.17) is 0 Å². The third-order valence-electron chi connectivity index (χ3n) is 6.33. The number of nitrogens with one attached hydrogen (secondary N) is 1. The minimum Gasteiger partial charge on any atom is -0.314 e. The topological polar surface area (TPSA) is 15.3 Å². The predicted octanol–water partition coefficient (Wildman–Crippen LogP) is 2.50. The summed E-state index contributed by atoms with van der Waals surface area (Å²) in [5.41, 5.74) is 0.791. The minimum absolute atomic E-state index is 0.791. The maximum absolute atomic E-state index is 3.47. The zero-order valence-electron chi connectivity index (χ0n) is 11.7. The summed E-state index contributed by atoms with van der Waals surface area (Å²) in [4.78, 5) is 2.70. The smallest absolute Gasteiger partial charge is 0.0107 e. The number of rotatable bonds is 3. The van der Waals surface area contributed by atoms with Crippen LogP contribution < -0.4 is 5.32 Å². The van der Waals surface area contributed by atoms with E-state index in [1.807, 2.05) is 0 Å². The summed E-state index contributed by atoms with van der Waals surface area (Å²) in [6.07, 6.45) is 11.0. The molecular weight excluding hydrogens is 220 g/mol. The highest BCUT2D eigenvalue weighted by molar-refractivity contribution is 5.01. The van der Waals surface area contributed by atoms with Gasteiger partial charge in [-0.25, -0.2) is 0 Å². The number of hydrogen-bond acceptors (Lipinski definition) is 2. The van der Waals surface area contributed by atoms with Crippen LogP contribution in [-0.4, -0.2) is 37.6 Å². The molecule has 2 nitrogen and oxygen atoms in total. The van der Waals surface area contributed by atoms with E-state index in [9.17, 15) is 0 Å². The lowest BCUT2D eigenvalue weighted by molar-refractivity contribution is -0.0612. The molecule has 5 aliphatic rings. The van der Waals surface area contributed by atoms with Crippen LogP contribution in [0.15, 0.2) is 0 Å². The zero-order valence-corrected chi connectivity index (χ0v) is 11.7. The second kappa shape index (κ2) is 4.49. The molecule has 4 aliphatic carbocycles.